The first-order valence-electron chi connectivity index (χ1n) is 4.83. The van der Waals surface area contributed by atoms with E-state index < -0.39 is 6.03 Å². The number of carbonyl (C=O) groups excluding carboxylic acids is 2. The van der Waals surface area contributed by atoms with Crippen LogP contribution in [0, 0.1) is 0 Å². The standard InChI is InChI=1S/C10H12BrN3O2S/c1-6(9(15)14-10(16)12-2)17-8-4-3-7(11)5-13-8/h3-6H,1-2H3,(H2,12,14,15,16). The molecule has 0 fully saturated rings. The average Bonchev–Trinajstić information content (AvgIpc) is 2.31. The highest BCUT2D eigenvalue weighted by Gasteiger charge is 2.16. The van der Waals surface area contributed by atoms with Crippen molar-refractivity contribution in [1.82, 2.24) is 15.6 Å². The number of nitrogens with zero attached hydrogens (tertiary/aromatic N) is 1. The monoisotopic (exact) mass is 317 g/mol. The zero-order valence-electron chi connectivity index (χ0n) is 9.36. The van der Waals surface area contributed by atoms with Gasteiger partial charge in [0, 0.05) is 17.7 Å². The summed E-state index contributed by atoms with van der Waals surface area (Å²) < 4.78 is 0.879. The third kappa shape index (κ3) is 4.74. The van der Waals surface area contributed by atoms with Crippen LogP contribution in [0.4, 0.5) is 4.79 Å². The number of hydrogen-bond acceptors (Lipinski definition) is 4. The van der Waals surface area contributed by atoms with Crippen molar-refractivity contribution in [1.29, 1.82) is 0 Å². The molecule has 0 bridgehead atoms. The number of hydrogen-bond donors (Lipinski definition) is 2. The Balaban J connectivity index is 2.54. The van der Waals surface area contributed by atoms with Crippen LogP contribution in [0.25, 0.3) is 0 Å². The largest absolute Gasteiger partial charge is 0.341 e. The zero-order chi connectivity index (χ0) is 12.8. The lowest BCUT2D eigenvalue weighted by Crippen LogP contribution is -2.41. The molecule has 0 spiro atoms. The SMILES string of the molecule is CNC(=O)NC(=O)C(C)Sc1ccc(Br)cn1. The van der Waals surface area contributed by atoms with Gasteiger partial charge in [0.15, 0.2) is 0 Å². The van der Waals surface area contributed by atoms with Crippen LogP contribution in [-0.4, -0.2) is 29.2 Å². The fraction of sp³-hybridized carbons (Fsp3) is 0.300. The van der Waals surface area contributed by atoms with Gasteiger partial charge in [-0.1, -0.05) is 11.8 Å². The van der Waals surface area contributed by atoms with E-state index in [1.165, 1.54) is 18.8 Å². The fourth-order valence-electron chi connectivity index (χ4n) is 0.943. The van der Waals surface area contributed by atoms with E-state index in [9.17, 15) is 9.59 Å². The maximum atomic E-state index is 11.6. The number of pyridine rings is 1. The normalized spacial score (nSPS) is 11.7. The maximum absolute atomic E-state index is 11.6. The average molecular weight is 318 g/mol. The number of halogens is 1. The molecule has 0 aliphatic heterocycles. The highest BCUT2D eigenvalue weighted by atomic mass is 79.9. The van der Waals surface area contributed by atoms with Crippen LogP contribution < -0.4 is 10.6 Å². The molecule has 1 unspecified atom stereocenters. The van der Waals surface area contributed by atoms with Crippen LogP contribution in [0.15, 0.2) is 27.8 Å². The summed E-state index contributed by atoms with van der Waals surface area (Å²) in [6.07, 6.45) is 1.66. The van der Waals surface area contributed by atoms with Crippen molar-refractivity contribution in [3.05, 3.63) is 22.8 Å². The van der Waals surface area contributed by atoms with E-state index in [0.717, 1.165) is 9.50 Å². The molecule has 7 heteroatoms. The summed E-state index contributed by atoms with van der Waals surface area (Å²) in [7, 11) is 1.46. The van der Waals surface area contributed by atoms with E-state index >= 15 is 0 Å². The number of thioether (sulfide) groups is 1. The van der Waals surface area contributed by atoms with Gasteiger partial charge < -0.3 is 5.32 Å². The third-order valence-electron chi connectivity index (χ3n) is 1.83. The lowest BCUT2D eigenvalue weighted by molar-refractivity contribution is -0.119. The lowest BCUT2D eigenvalue weighted by atomic mass is 10.4. The first-order chi connectivity index (χ1) is 8.02. The van der Waals surface area contributed by atoms with Crippen molar-refractivity contribution in [3.8, 4) is 0 Å². The molecule has 0 aliphatic rings. The summed E-state index contributed by atoms with van der Waals surface area (Å²) >= 11 is 4.57. The number of urea groups is 1. The van der Waals surface area contributed by atoms with E-state index in [1.807, 2.05) is 6.07 Å². The van der Waals surface area contributed by atoms with Gasteiger partial charge in [0.05, 0.1) is 10.3 Å². The Morgan fingerprint density at radius 1 is 1.47 bits per heavy atom. The van der Waals surface area contributed by atoms with Gasteiger partial charge in [0.25, 0.3) is 0 Å². The molecule has 5 nitrogen and oxygen atoms in total. The van der Waals surface area contributed by atoms with Crippen molar-refractivity contribution in [3.63, 3.8) is 0 Å². The fourth-order valence-corrected chi connectivity index (χ4v) is 1.97. The van der Waals surface area contributed by atoms with Gasteiger partial charge in [-0.3, -0.25) is 10.1 Å². The predicted octanol–water partition coefficient (Wildman–Crippen LogP) is 1.78. The Kier molecular flexibility index (Phi) is 5.43. The van der Waals surface area contributed by atoms with E-state index in [0.29, 0.717) is 0 Å². The molecule has 1 rings (SSSR count). The van der Waals surface area contributed by atoms with Crippen LogP contribution in [0.1, 0.15) is 6.92 Å². The summed E-state index contributed by atoms with van der Waals surface area (Å²) in [6, 6.07) is 3.14. The zero-order valence-corrected chi connectivity index (χ0v) is 11.8. The van der Waals surface area contributed by atoms with Gasteiger partial charge in [0.2, 0.25) is 5.91 Å². The Bertz CT molecular complexity index is 411. The summed E-state index contributed by atoms with van der Waals surface area (Å²) in [6.45, 7) is 1.71. The smallest absolute Gasteiger partial charge is 0.321 e. The number of carbonyl (C=O) groups is 2. The quantitative estimate of drug-likeness (QED) is 0.834. The molecule has 0 aromatic carbocycles. The second-order valence-electron chi connectivity index (χ2n) is 3.14. The van der Waals surface area contributed by atoms with Crippen LogP contribution in [0.2, 0.25) is 0 Å². The van der Waals surface area contributed by atoms with Gasteiger partial charge >= 0.3 is 6.03 Å². The van der Waals surface area contributed by atoms with Gasteiger partial charge in [-0.25, -0.2) is 9.78 Å². The van der Waals surface area contributed by atoms with Gasteiger partial charge in [-0.05, 0) is 35.0 Å². The first-order valence-corrected chi connectivity index (χ1v) is 6.51. The molecular weight excluding hydrogens is 306 g/mol. The minimum Gasteiger partial charge on any atom is -0.341 e. The molecule has 17 heavy (non-hydrogen) atoms. The van der Waals surface area contributed by atoms with Crippen LogP contribution in [0.5, 0.6) is 0 Å². The highest BCUT2D eigenvalue weighted by Crippen LogP contribution is 2.22. The number of nitrogens with one attached hydrogen (secondary N) is 2. The van der Waals surface area contributed by atoms with Gasteiger partial charge in [-0.15, -0.1) is 0 Å². The van der Waals surface area contributed by atoms with E-state index in [2.05, 4.69) is 31.5 Å². The van der Waals surface area contributed by atoms with Crippen molar-refractivity contribution >= 4 is 39.6 Å². The molecule has 92 valence electrons. The van der Waals surface area contributed by atoms with E-state index in [4.69, 9.17) is 0 Å². The Hall–Kier alpha value is -1.08. The molecule has 0 saturated carbocycles. The molecule has 1 atom stereocenters. The minimum absolute atomic E-state index is 0.348. The van der Waals surface area contributed by atoms with Crippen LogP contribution in [0.3, 0.4) is 0 Å². The van der Waals surface area contributed by atoms with Crippen molar-refractivity contribution in [2.45, 2.75) is 17.2 Å². The molecule has 1 heterocycles. The first kappa shape index (κ1) is 14.0. The molecule has 2 N–H and O–H groups in total. The Morgan fingerprint density at radius 2 is 2.18 bits per heavy atom. The highest BCUT2D eigenvalue weighted by molar-refractivity contribution is 9.10. The summed E-state index contributed by atoms with van der Waals surface area (Å²) in [5, 5.41) is 4.88. The predicted molar refractivity (Wildman–Crippen MR) is 69.9 cm³/mol. The third-order valence-corrected chi connectivity index (χ3v) is 3.35. The summed E-state index contributed by atoms with van der Waals surface area (Å²) in [5.41, 5.74) is 0. The van der Waals surface area contributed by atoms with Crippen LogP contribution in [-0.2, 0) is 4.79 Å². The van der Waals surface area contributed by atoms with Crippen molar-refractivity contribution in [2.24, 2.45) is 0 Å². The summed E-state index contributed by atoms with van der Waals surface area (Å²) in [5.74, 6) is -0.348. The maximum Gasteiger partial charge on any atom is 0.321 e. The number of amides is 3. The molecule has 1 aromatic rings. The minimum atomic E-state index is -0.508. The number of rotatable bonds is 3. The molecule has 0 saturated heterocycles. The molecule has 3 amide bonds. The van der Waals surface area contributed by atoms with E-state index in [1.54, 1.807) is 19.2 Å². The lowest BCUT2D eigenvalue weighted by Gasteiger charge is -2.10. The van der Waals surface area contributed by atoms with Gasteiger partial charge in [-0.2, -0.15) is 0 Å². The Morgan fingerprint density at radius 3 is 2.71 bits per heavy atom. The second kappa shape index (κ2) is 6.61. The number of aromatic nitrogens is 1. The molecule has 0 aliphatic carbocycles. The number of imide groups is 1. The molecule has 1 aromatic heterocycles. The summed E-state index contributed by atoms with van der Waals surface area (Å²) in [4.78, 5) is 26.6. The molecule has 0 radical (unpaired) electrons. The van der Waals surface area contributed by atoms with Crippen LogP contribution >= 0.6 is 27.7 Å². The Labute approximate surface area is 112 Å². The van der Waals surface area contributed by atoms with Crippen molar-refractivity contribution < 1.29 is 9.59 Å². The topological polar surface area (TPSA) is 71.1 Å². The van der Waals surface area contributed by atoms with Gasteiger partial charge in [0.1, 0.15) is 0 Å². The molecular formula is C10H12BrN3O2S. The van der Waals surface area contributed by atoms with E-state index in [-0.39, 0.29) is 11.2 Å². The van der Waals surface area contributed by atoms with Crippen molar-refractivity contribution in [2.75, 3.05) is 7.05 Å². The second-order valence-corrected chi connectivity index (χ2v) is 5.42.